The molecule has 2 aliphatic rings. The molecule has 0 amide bonds. The average molecular weight is 645 g/mol. The number of aryl methyl sites for hydroxylation is 1. The van der Waals surface area contributed by atoms with Crippen LogP contribution in [-0.4, -0.2) is 19.5 Å². The van der Waals surface area contributed by atoms with Crippen LogP contribution in [-0.2, 0) is 6.42 Å². The van der Waals surface area contributed by atoms with E-state index in [-0.39, 0.29) is 0 Å². The van der Waals surface area contributed by atoms with Gasteiger partial charge in [-0.05, 0) is 78.3 Å². The molecule has 0 N–H and O–H groups in total. The van der Waals surface area contributed by atoms with Crippen LogP contribution in [0.1, 0.15) is 36.3 Å². The zero-order chi connectivity index (χ0) is 33.0. The fourth-order valence-corrected chi connectivity index (χ4v) is 7.68. The average Bonchev–Trinajstić information content (AvgIpc) is 3.75. The normalized spacial score (nSPS) is 14.0. The molecule has 0 bridgehead atoms. The van der Waals surface area contributed by atoms with Crippen molar-refractivity contribution in [3.05, 3.63) is 157 Å². The third-order valence-electron chi connectivity index (χ3n) is 10.00. The zero-order valence-corrected chi connectivity index (χ0v) is 27.4. The molecule has 0 spiro atoms. The molecule has 10 rings (SSSR count). The van der Waals surface area contributed by atoms with Crippen molar-refractivity contribution in [1.29, 1.82) is 0 Å². The van der Waals surface area contributed by atoms with Crippen LogP contribution in [0.3, 0.4) is 0 Å². The summed E-state index contributed by atoms with van der Waals surface area (Å²) in [4.78, 5) is 15.0. The Kier molecular flexibility index (Phi) is 6.69. The van der Waals surface area contributed by atoms with Crippen LogP contribution in [0, 0.1) is 0 Å². The van der Waals surface area contributed by atoms with E-state index in [4.69, 9.17) is 19.4 Å². The predicted octanol–water partition coefficient (Wildman–Crippen LogP) is 11.4. The van der Waals surface area contributed by atoms with E-state index in [9.17, 15) is 0 Å². The summed E-state index contributed by atoms with van der Waals surface area (Å²) in [6, 6.07) is 40.3. The van der Waals surface area contributed by atoms with Crippen molar-refractivity contribution in [3.63, 3.8) is 0 Å². The number of nitrogens with zero attached hydrogens (tertiary/aromatic N) is 4. The second kappa shape index (κ2) is 11.7. The Labute approximate surface area is 289 Å². The molecule has 0 unspecified atom stereocenters. The van der Waals surface area contributed by atoms with Gasteiger partial charge in [-0.2, -0.15) is 0 Å². The van der Waals surface area contributed by atoms with Gasteiger partial charge in [0.15, 0.2) is 23.1 Å². The minimum Gasteiger partial charge on any atom is -0.454 e. The van der Waals surface area contributed by atoms with Gasteiger partial charge in [0.2, 0.25) is 0 Å². The molecule has 0 aliphatic heterocycles. The first kappa shape index (κ1) is 28.7. The molecular formula is C45H32N4O. The SMILES string of the molecule is C1=CCCC(c2nc(-c3ccccc3)nc(-c3cccc(-c4cccc5oc6c(-n7c8c(c9ccccc97)CCC=C8)cccc6c45)c3)n2)=C1. The Balaban J connectivity index is 1.14. The first-order valence-corrected chi connectivity index (χ1v) is 17.3. The summed E-state index contributed by atoms with van der Waals surface area (Å²) in [5, 5.41) is 3.50. The van der Waals surface area contributed by atoms with Gasteiger partial charge in [-0.3, -0.25) is 0 Å². The summed E-state index contributed by atoms with van der Waals surface area (Å²) in [5.74, 6) is 2.07. The fraction of sp³-hybridized carbons (Fsp3) is 0.0889. The number of para-hydroxylation sites is 2. The van der Waals surface area contributed by atoms with Crippen LogP contribution in [0.5, 0.6) is 0 Å². The van der Waals surface area contributed by atoms with Gasteiger partial charge in [0, 0.05) is 33.0 Å². The van der Waals surface area contributed by atoms with Gasteiger partial charge in [0.05, 0.1) is 11.2 Å². The Bertz CT molecular complexity index is 2710. The summed E-state index contributed by atoms with van der Waals surface area (Å²) in [5.41, 5.74) is 11.9. The molecule has 3 aromatic heterocycles. The highest BCUT2D eigenvalue weighted by Crippen LogP contribution is 2.42. The van der Waals surface area contributed by atoms with Crippen LogP contribution >= 0.6 is 0 Å². The molecule has 0 atom stereocenters. The van der Waals surface area contributed by atoms with Crippen molar-refractivity contribution in [3.8, 4) is 39.6 Å². The number of hydrogen-bond acceptors (Lipinski definition) is 4. The molecule has 50 heavy (non-hydrogen) atoms. The fourth-order valence-electron chi connectivity index (χ4n) is 7.68. The lowest BCUT2D eigenvalue weighted by Gasteiger charge is -2.12. The summed E-state index contributed by atoms with van der Waals surface area (Å²) in [7, 11) is 0. The van der Waals surface area contributed by atoms with Crippen molar-refractivity contribution in [2.75, 3.05) is 0 Å². The van der Waals surface area contributed by atoms with Gasteiger partial charge in [0.25, 0.3) is 0 Å². The highest BCUT2D eigenvalue weighted by molar-refractivity contribution is 6.14. The molecule has 0 saturated heterocycles. The molecular weight excluding hydrogens is 613 g/mol. The standard InChI is InChI=1S/C45H32N4O/c1-3-14-29(15-4-1)43-46-44(30-16-5-2-6-17-30)48-45(47-43)32-19-11-18-31(28-32)33-22-13-27-40-41(33)36-23-12-26-39(42(36)50-40)49-37-24-9-7-20-34(37)35-21-8-10-25-38(35)49/h1-5,7,9-16,18-20,22-28H,6,8,17,21H2. The predicted molar refractivity (Wildman–Crippen MR) is 204 cm³/mol. The molecule has 2 aliphatic carbocycles. The van der Waals surface area contributed by atoms with Crippen LogP contribution in [0.2, 0.25) is 0 Å². The number of fused-ring (bicyclic) bond motifs is 6. The number of rotatable bonds is 5. The van der Waals surface area contributed by atoms with E-state index in [0.29, 0.717) is 11.6 Å². The lowest BCUT2D eigenvalue weighted by atomic mass is 9.97. The Hall–Kier alpha value is -6.33. The van der Waals surface area contributed by atoms with Gasteiger partial charge < -0.3 is 8.98 Å². The lowest BCUT2D eigenvalue weighted by Crippen LogP contribution is -2.03. The van der Waals surface area contributed by atoms with E-state index in [0.717, 1.165) is 87.0 Å². The summed E-state index contributed by atoms with van der Waals surface area (Å²) < 4.78 is 9.16. The van der Waals surface area contributed by atoms with Crippen molar-refractivity contribution >= 4 is 44.5 Å². The maximum Gasteiger partial charge on any atom is 0.164 e. The molecule has 3 heterocycles. The number of hydrogen-bond donors (Lipinski definition) is 0. The van der Waals surface area contributed by atoms with E-state index in [2.05, 4.69) is 132 Å². The third-order valence-corrected chi connectivity index (χ3v) is 10.00. The minimum atomic E-state index is 0.662. The number of furan rings is 1. The van der Waals surface area contributed by atoms with Crippen molar-refractivity contribution in [1.82, 2.24) is 19.5 Å². The summed E-state index contributed by atoms with van der Waals surface area (Å²) >= 11 is 0. The van der Waals surface area contributed by atoms with Crippen LogP contribution in [0.4, 0.5) is 0 Å². The number of allylic oxidation sites excluding steroid dienone is 5. The molecule has 5 heteroatoms. The highest BCUT2D eigenvalue weighted by atomic mass is 16.3. The lowest BCUT2D eigenvalue weighted by molar-refractivity contribution is 0.665. The molecule has 0 fully saturated rings. The Morgan fingerprint density at radius 2 is 1.34 bits per heavy atom. The topological polar surface area (TPSA) is 56.7 Å². The molecule has 0 radical (unpaired) electrons. The maximum absolute atomic E-state index is 6.78. The highest BCUT2D eigenvalue weighted by Gasteiger charge is 2.22. The van der Waals surface area contributed by atoms with Crippen molar-refractivity contribution in [2.24, 2.45) is 0 Å². The van der Waals surface area contributed by atoms with E-state index >= 15 is 0 Å². The van der Waals surface area contributed by atoms with Crippen molar-refractivity contribution < 1.29 is 4.42 Å². The van der Waals surface area contributed by atoms with Crippen LogP contribution in [0.25, 0.3) is 84.1 Å². The summed E-state index contributed by atoms with van der Waals surface area (Å²) in [6.07, 6.45) is 14.9. The van der Waals surface area contributed by atoms with E-state index in [1.54, 1.807) is 0 Å². The first-order chi connectivity index (χ1) is 24.8. The Morgan fingerprint density at radius 1 is 0.600 bits per heavy atom. The molecule has 238 valence electrons. The number of aromatic nitrogens is 4. The van der Waals surface area contributed by atoms with E-state index in [1.807, 2.05) is 18.2 Å². The Morgan fingerprint density at radius 3 is 2.24 bits per heavy atom. The first-order valence-electron chi connectivity index (χ1n) is 17.3. The smallest absolute Gasteiger partial charge is 0.164 e. The molecule has 8 aromatic rings. The van der Waals surface area contributed by atoms with Gasteiger partial charge in [0.1, 0.15) is 5.58 Å². The van der Waals surface area contributed by atoms with Gasteiger partial charge in [-0.1, -0.05) is 115 Å². The quantitative estimate of drug-likeness (QED) is 0.187. The minimum absolute atomic E-state index is 0.662. The van der Waals surface area contributed by atoms with Crippen molar-refractivity contribution in [2.45, 2.75) is 25.7 Å². The largest absolute Gasteiger partial charge is 0.454 e. The molecule has 0 saturated carbocycles. The van der Waals surface area contributed by atoms with Gasteiger partial charge in [-0.25, -0.2) is 15.0 Å². The second-order valence-corrected chi connectivity index (χ2v) is 13.0. The van der Waals surface area contributed by atoms with Gasteiger partial charge in [-0.15, -0.1) is 0 Å². The number of benzene rings is 5. The monoisotopic (exact) mass is 644 g/mol. The van der Waals surface area contributed by atoms with E-state index in [1.165, 1.54) is 22.2 Å². The zero-order valence-electron chi connectivity index (χ0n) is 27.4. The van der Waals surface area contributed by atoms with Gasteiger partial charge >= 0.3 is 0 Å². The van der Waals surface area contributed by atoms with E-state index < -0.39 is 0 Å². The van der Waals surface area contributed by atoms with Crippen LogP contribution < -0.4 is 0 Å². The third kappa shape index (κ3) is 4.66. The molecule has 5 aromatic carbocycles. The second-order valence-electron chi connectivity index (χ2n) is 13.0. The molecule has 5 nitrogen and oxygen atoms in total. The summed E-state index contributed by atoms with van der Waals surface area (Å²) in [6.45, 7) is 0. The maximum atomic E-state index is 6.78. The van der Waals surface area contributed by atoms with Crippen LogP contribution in [0.15, 0.2) is 144 Å².